The summed E-state index contributed by atoms with van der Waals surface area (Å²) in [4.78, 5) is 2.66. The summed E-state index contributed by atoms with van der Waals surface area (Å²) in [7, 11) is 0. The SMILES string of the molecule is CCNCC(CC)N1CC(C)C(C)C1. The lowest BCUT2D eigenvalue weighted by Crippen LogP contribution is -2.40. The van der Waals surface area contributed by atoms with Crippen LogP contribution in [0.1, 0.15) is 34.1 Å². The molecule has 1 heterocycles. The lowest BCUT2D eigenvalue weighted by atomic mass is 10.0. The highest BCUT2D eigenvalue weighted by Gasteiger charge is 2.29. The Bertz CT molecular complexity index is 148. The molecule has 0 aliphatic carbocycles. The number of nitrogens with one attached hydrogen (secondary N) is 1. The highest BCUT2D eigenvalue weighted by atomic mass is 15.2. The third-order valence-corrected chi connectivity index (χ3v) is 3.63. The average molecular weight is 198 g/mol. The first-order valence-corrected chi connectivity index (χ1v) is 6.13. The first-order valence-electron chi connectivity index (χ1n) is 6.13. The first-order chi connectivity index (χ1) is 6.69. The van der Waals surface area contributed by atoms with Crippen LogP contribution in [0.4, 0.5) is 0 Å². The van der Waals surface area contributed by atoms with Crippen molar-refractivity contribution in [3.05, 3.63) is 0 Å². The highest BCUT2D eigenvalue weighted by Crippen LogP contribution is 2.24. The van der Waals surface area contributed by atoms with Gasteiger partial charge in [0.2, 0.25) is 0 Å². The molecule has 1 rings (SSSR count). The topological polar surface area (TPSA) is 15.3 Å². The Hall–Kier alpha value is -0.0800. The summed E-state index contributed by atoms with van der Waals surface area (Å²) < 4.78 is 0. The van der Waals surface area contributed by atoms with Gasteiger partial charge in [0.25, 0.3) is 0 Å². The number of likely N-dealkylation sites (N-methyl/N-ethyl adjacent to an activating group) is 1. The van der Waals surface area contributed by atoms with E-state index in [9.17, 15) is 0 Å². The molecule has 3 atom stereocenters. The minimum Gasteiger partial charge on any atom is -0.315 e. The Morgan fingerprint density at radius 3 is 2.21 bits per heavy atom. The van der Waals surface area contributed by atoms with Crippen LogP contribution >= 0.6 is 0 Å². The molecule has 1 fully saturated rings. The Balaban J connectivity index is 2.37. The third kappa shape index (κ3) is 2.96. The van der Waals surface area contributed by atoms with Gasteiger partial charge in [0.1, 0.15) is 0 Å². The maximum atomic E-state index is 3.46. The van der Waals surface area contributed by atoms with E-state index in [1.165, 1.54) is 19.5 Å². The molecule has 0 aromatic rings. The first kappa shape index (κ1) is 12.0. The summed E-state index contributed by atoms with van der Waals surface area (Å²) >= 11 is 0. The Labute approximate surface area is 89.1 Å². The molecule has 0 bridgehead atoms. The Morgan fingerprint density at radius 2 is 1.79 bits per heavy atom. The summed E-state index contributed by atoms with van der Waals surface area (Å²) in [5.41, 5.74) is 0. The van der Waals surface area contributed by atoms with Gasteiger partial charge in [0.05, 0.1) is 0 Å². The minimum atomic E-state index is 0.752. The smallest absolute Gasteiger partial charge is 0.0218 e. The van der Waals surface area contributed by atoms with Gasteiger partial charge < -0.3 is 5.32 Å². The largest absolute Gasteiger partial charge is 0.315 e. The van der Waals surface area contributed by atoms with Gasteiger partial charge in [0.15, 0.2) is 0 Å². The van der Waals surface area contributed by atoms with Gasteiger partial charge in [0, 0.05) is 25.7 Å². The predicted molar refractivity (Wildman–Crippen MR) is 62.5 cm³/mol. The third-order valence-electron chi connectivity index (χ3n) is 3.63. The summed E-state index contributed by atoms with van der Waals surface area (Å²) in [6.07, 6.45) is 1.27. The van der Waals surface area contributed by atoms with Crippen molar-refractivity contribution < 1.29 is 0 Å². The van der Waals surface area contributed by atoms with Crippen molar-refractivity contribution >= 4 is 0 Å². The van der Waals surface area contributed by atoms with E-state index in [-0.39, 0.29) is 0 Å². The minimum absolute atomic E-state index is 0.752. The maximum absolute atomic E-state index is 3.46. The summed E-state index contributed by atoms with van der Waals surface area (Å²) in [5.74, 6) is 1.76. The van der Waals surface area contributed by atoms with Crippen LogP contribution in [0, 0.1) is 11.8 Å². The van der Waals surface area contributed by atoms with Crippen LogP contribution in [0.15, 0.2) is 0 Å². The second-order valence-corrected chi connectivity index (χ2v) is 4.78. The Kier molecular flexibility index (Phi) is 4.90. The molecular weight excluding hydrogens is 172 g/mol. The monoisotopic (exact) mass is 198 g/mol. The molecule has 2 heteroatoms. The zero-order chi connectivity index (χ0) is 10.6. The van der Waals surface area contributed by atoms with Crippen molar-refractivity contribution in [2.24, 2.45) is 11.8 Å². The van der Waals surface area contributed by atoms with Gasteiger partial charge in [-0.05, 0) is 24.8 Å². The van der Waals surface area contributed by atoms with Crippen molar-refractivity contribution in [2.45, 2.75) is 40.2 Å². The van der Waals surface area contributed by atoms with Crippen molar-refractivity contribution in [1.29, 1.82) is 0 Å². The number of hydrogen-bond donors (Lipinski definition) is 1. The zero-order valence-electron chi connectivity index (χ0n) is 10.2. The van der Waals surface area contributed by atoms with E-state index in [0.717, 1.165) is 31.0 Å². The molecule has 0 saturated carbocycles. The van der Waals surface area contributed by atoms with Crippen LogP contribution < -0.4 is 5.32 Å². The van der Waals surface area contributed by atoms with E-state index in [2.05, 4.69) is 37.9 Å². The second-order valence-electron chi connectivity index (χ2n) is 4.78. The van der Waals surface area contributed by atoms with Crippen molar-refractivity contribution in [3.63, 3.8) is 0 Å². The molecule has 2 nitrogen and oxygen atoms in total. The van der Waals surface area contributed by atoms with Crippen LogP contribution in [0.25, 0.3) is 0 Å². The number of rotatable bonds is 5. The van der Waals surface area contributed by atoms with Crippen LogP contribution in [-0.4, -0.2) is 37.1 Å². The normalized spacial score (nSPS) is 30.9. The fraction of sp³-hybridized carbons (Fsp3) is 1.00. The van der Waals surface area contributed by atoms with Gasteiger partial charge in [-0.3, -0.25) is 4.90 Å². The Morgan fingerprint density at radius 1 is 1.21 bits per heavy atom. The quantitative estimate of drug-likeness (QED) is 0.726. The lowest BCUT2D eigenvalue weighted by molar-refractivity contribution is 0.221. The fourth-order valence-electron chi connectivity index (χ4n) is 2.31. The van der Waals surface area contributed by atoms with Crippen molar-refractivity contribution in [1.82, 2.24) is 10.2 Å². The molecule has 14 heavy (non-hydrogen) atoms. The standard InChI is InChI=1S/C12H26N2/c1-5-12(7-13-6-2)14-8-10(3)11(4)9-14/h10-13H,5-9H2,1-4H3. The van der Waals surface area contributed by atoms with Crippen molar-refractivity contribution in [2.75, 3.05) is 26.2 Å². The molecule has 0 radical (unpaired) electrons. The van der Waals surface area contributed by atoms with Gasteiger partial charge in [-0.25, -0.2) is 0 Å². The van der Waals surface area contributed by atoms with E-state index in [1.54, 1.807) is 0 Å². The number of likely N-dealkylation sites (tertiary alicyclic amines) is 1. The average Bonchev–Trinajstić information content (AvgIpc) is 2.48. The van der Waals surface area contributed by atoms with Gasteiger partial charge in [-0.15, -0.1) is 0 Å². The molecule has 0 aromatic heterocycles. The van der Waals surface area contributed by atoms with Crippen LogP contribution in [0.5, 0.6) is 0 Å². The summed E-state index contributed by atoms with van der Waals surface area (Å²) in [6, 6.07) is 0.752. The van der Waals surface area contributed by atoms with Crippen LogP contribution in [-0.2, 0) is 0 Å². The molecule has 0 amide bonds. The molecule has 1 aliphatic heterocycles. The predicted octanol–water partition coefficient (Wildman–Crippen LogP) is 1.96. The summed E-state index contributed by atoms with van der Waals surface area (Å²) in [6.45, 7) is 14.1. The maximum Gasteiger partial charge on any atom is 0.0218 e. The second kappa shape index (κ2) is 5.72. The summed E-state index contributed by atoms with van der Waals surface area (Å²) in [5, 5.41) is 3.46. The molecule has 0 spiro atoms. The van der Waals surface area contributed by atoms with Gasteiger partial charge in [-0.1, -0.05) is 27.7 Å². The van der Waals surface area contributed by atoms with E-state index in [4.69, 9.17) is 0 Å². The molecule has 1 saturated heterocycles. The molecule has 1 aliphatic rings. The van der Waals surface area contributed by atoms with Crippen LogP contribution in [0.3, 0.4) is 0 Å². The molecular formula is C12H26N2. The molecule has 84 valence electrons. The number of nitrogens with zero attached hydrogens (tertiary/aromatic N) is 1. The van der Waals surface area contributed by atoms with E-state index in [1.807, 2.05) is 0 Å². The lowest BCUT2D eigenvalue weighted by Gasteiger charge is -2.27. The fourth-order valence-corrected chi connectivity index (χ4v) is 2.31. The van der Waals surface area contributed by atoms with Gasteiger partial charge in [-0.2, -0.15) is 0 Å². The zero-order valence-corrected chi connectivity index (χ0v) is 10.2. The van der Waals surface area contributed by atoms with Crippen molar-refractivity contribution in [3.8, 4) is 0 Å². The van der Waals surface area contributed by atoms with E-state index in [0.29, 0.717) is 0 Å². The van der Waals surface area contributed by atoms with Gasteiger partial charge >= 0.3 is 0 Å². The number of hydrogen-bond acceptors (Lipinski definition) is 2. The van der Waals surface area contributed by atoms with E-state index >= 15 is 0 Å². The molecule has 0 aromatic carbocycles. The molecule has 1 N–H and O–H groups in total. The van der Waals surface area contributed by atoms with E-state index < -0.39 is 0 Å². The highest BCUT2D eigenvalue weighted by molar-refractivity contribution is 4.84. The molecule has 3 unspecified atom stereocenters. The van der Waals surface area contributed by atoms with Crippen LogP contribution in [0.2, 0.25) is 0 Å².